The van der Waals surface area contributed by atoms with Gasteiger partial charge in [0.1, 0.15) is 42.9 Å². The number of benzene rings is 1. The van der Waals surface area contributed by atoms with Crippen molar-refractivity contribution < 1.29 is 37.4 Å². The standard InChI is InChI=1S/C27H37N6O8P/c1-4-37-14-15-38-16-17-39-26(34)21(2)32-42(35,41-23-8-6-5-7-9-23)40-19-27(18-28,36-3)13-12-22-10-11-24-25(29)30-20-31-33(22)24/h5-11,20-21H,4,12-17,19H2,1-3H3,(H,32,35)(H2,29,30,31)/t21-,27+,42?/m0/s1. The monoisotopic (exact) mass is 604 g/mol. The van der Waals surface area contributed by atoms with Crippen molar-refractivity contribution in [1.82, 2.24) is 19.7 Å². The maximum Gasteiger partial charge on any atom is 0.459 e. The number of carbonyl (C=O) groups is 1. The summed E-state index contributed by atoms with van der Waals surface area (Å²) in [6, 6.07) is 12.9. The highest BCUT2D eigenvalue weighted by Crippen LogP contribution is 2.46. The summed E-state index contributed by atoms with van der Waals surface area (Å²) in [5.74, 6) is -0.137. The maximum absolute atomic E-state index is 13.9. The van der Waals surface area contributed by atoms with E-state index < -0.39 is 32.0 Å². The number of carbonyl (C=O) groups excluding carboxylic acids is 1. The number of aromatic nitrogens is 3. The first-order valence-electron chi connectivity index (χ1n) is 13.4. The average molecular weight is 605 g/mol. The van der Waals surface area contributed by atoms with Crippen LogP contribution in [0.15, 0.2) is 48.8 Å². The summed E-state index contributed by atoms with van der Waals surface area (Å²) in [6.07, 6.45) is 1.84. The summed E-state index contributed by atoms with van der Waals surface area (Å²) in [6.45, 7) is 4.47. The number of nitrogens with two attached hydrogens (primary N) is 1. The van der Waals surface area contributed by atoms with Crippen LogP contribution >= 0.6 is 7.75 Å². The number of nitrogen functional groups attached to an aromatic ring is 1. The van der Waals surface area contributed by atoms with Gasteiger partial charge in [0.2, 0.25) is 0 Å². The Morgan fingerprint density at radius 3 is 2.62 bits per heavy atom. The molecule has 0 radical (unpaired) electrons. The van der Waals surface area contributed by atoms with E-state index in [0.717, 1.165) is 5.69 Å². The molecule has 0 fully saturated rings. The summed E-state index contributed by atoms with van der Waals surface area (Å²) in [5, 5.41) is 16.9. The number of hydrogen-bond acceptors (Lipinski definition) is 12. The number of aryl methyl sites for hydroxylation is 1. The van der Waals surface area contributed by atoms with Gasteiger partial charge in [0.25, 0.3) is 0 Å². The van der Waals surface area contributed by atoms with Crippen molar-refractivity contribution in [2.45, 2.75) is 38.3 Å². The number of esters is 1. The molecular formula is C27H37N6O8P. The number of hydrogen-bond donors (Lipinski definition) is 2. The molecule has 2 heterocycles. The normalized spacial score (nSPS) is 14.9. The molecule has 0 bridgehead atoms. The Labute approximate surface area is 244 Å². The van der Waals surface area contributed by atoms with Crippen LogP contribution in [0.2, 0.25) is 0 Å². The largest absolute Gasteiger partial charge is 0.462 e. The van der Waals surface area contributed by atoms with Gasteiger partial charge in [0.15, 0.2) is 11.4 Å². The first-order valence-corrected chi connectivity index (χ1v) is 14.9. The van der Waals surface area contributed by atoms with Crippen LogP contribution in [0.5, 0.6) is 5.75 Å². The second kappa shape index (κ2) is 16.2. The molecule has 0 saturated heterocycles. The van der Waals surface area contributed by atoms with Crippen molar-refractivity contribution in [2.75, 3.05) is 52.5 Å². The van der Waals surface area contributed by atoms with E-state index in [1.54, 1.807) is 40.9 Å². The minimum atomic E-state index is -4.23. The maximum atomic E-state index is 13.9. The van der Waals surface area contributed by atoms with Crippen LogP contribution in [0.25, 0.3) is 5.52 Å². The van der Waals surface area contributed by atoms with Gasteiger partial charge in [0, 0.05) is 19.4 Å². The fourth-order valence-corrected chi connectivity index (χ4v) is 5.31. The van der Waals surface area contributed by atoms with E-state index in [4.69, 9.17) is 33.7 Å². The quantitative estimate of drug-likeness (QED) is 0.116. The fraction of sp³-hybridized carbons (Fsp3) is 0.481. The molecule has 15 heteroatoms. The van der Waals surface area contributed by atoms with Crippen molar-refractivity contribution in [3.05, 3.63) is 54.5 Å². The first kappa shape index (κ1) is 32.9. The van der Waals surface area contributed by atoms with Crippen LogP contribution in [-0.2, 0) is 39.3 Å². The molecule has 1 unspecified atom stereocenters. The van der Waals surface area contributed by atoms with Gasteiger partial charge in [0.05, 0.1) is 19.8 Å². The van der Waals surface area contributed by atoms with Crippen molar-refractivity contribution in [1.29, 1.82) is 5.26 Å². The van der Waals surface area contributed by atoms with Crippen LogP contribution in [0.3, 0.4) is 0 Å². The molecule has 3 atom stereocenters. The lowest BCUT2D eigenvalue weighted by Crippen LogP contribution is -2.39. The van der Waals surface area contributed by atoms with Crippen LogP contribution in [0.1, 0.15) is 26.0 Å². The number of nitrogens with one attached hydrogen (secondary N) is 1. The van der Waals surface area contributed by atoms with Crippen LogP contribution < -0.4 is 15.3 Å². The Bertz CT molecular complexity index is 1370. The number of para-hydroxylation sites is 1. The Balaban J connectivity index is 1.66. The van der Waals surface area contributed by atoms with Gasteiger partial charge in [-0.25, -0.2) is 14.1 Å². The second-order valence-corrected chi connectivity index (χ2v) is 10.8. The highest BCUT2D eigenvalue weighted by atomic mass is 31.2. The third-order valence-electron chi connectivity index (χ3n) is 6.13. The van der Waals surface area contributed by atoms with Gasteiger partial charge in [-0.3, -0.25) is 9.32 Å². The molecule has 3 rings (SSSR count). The van der Waals surface area contributed by atoms with Crippen molar-refractivity contribution >= 4 is 25.1 Å². The smallest absolute Gasteiger partial charge is 0.459 e. The van der Waals surface area contributed by atoms with E-state index in [1.165, 1.54) is 20.4 Å². The zero-order valence-corrected chi connectivity index (χ0v) is 24.8. The molecule has 0 aliphatic rings. The average Bonchev–Trinajstić information content (AvgIpc) is 3.42. The molecule has 3 aromatic rings. The number of fused-ring (bicyclic) bond motifs is 1. The van der Waals surface area contributed by atoms with Crippen LogP contribution in [0.4, 0.5) is 5.82 Å². The summed E-state index contributed by atoms with van der Waals surface area (Å²) < 4.78 is 48.2. The van der Waals surface area contributed by atoms with E-state index in [2.05, 4.69) is 21.2 Å². The Morgan fingerprint density at radius 1 is 1.17 bits per heavy atom. The number of methoxy groups -OCH3 is 1. The molecule has 42 heavy (non-hydrogen) atoms. The van der Waals surface area contributed by atoms with E-state index >= 15 is 0 Å². The zero-order chi connectivity index (χ0) is 30.4. The molecule has 2 aromatic heterocycles. The second-order valence-electron chi connectivity index (χ2n) is 9.08. The Kier molecular flexibility index (Phi) is 12.7. The molecular weight excluding hydrogens is 567 g/mol. The molecule has 228 valence electrons. The predicted octanol–water partition coefficient (Wildman–Crippen LogP) is 2.93. The van der Waals surface area contributed by atoms with E-state index in [0.29, 0.717) is 37.6 Å². The van der Waals surface area contributed by atoms with Gasteiger partial charge in [-0.05, 0) is 51.0 Å². The fourth-order valence-electron chi connectivity index (χ4n) is 3.77. The van der Waals surface area contributed by atoms with Gasteiger partial charge < -0.3 is 29.2 Å². The van der Waals surface area contributed by atoms with Gasteiger partial charge >= 0.3 is 13.7 Å². The molecule has 14 nitrogen and oxygen atoms in total. The van der Waals surface area contributed by atoms with Crippen LogP contribution in [-0.4, -0.2) is 79.0 Å². The zero-order valence-electron chi connectivity index (χ0n) is 23.9. The van der Waals surface area contributed by atoms with Crippen molar-refractivity contribution in [3.8, 4) is 11.8 Å². The lowest BCUT2D eigenvalue weighted by Gasteiger charge is -2.28. The number of ether oxygens (including phenoxy) is 4. The number of nitrogens with zero attached hydrogens (tertiary/aromatic N) is 4. The van der Waals surface area contributed by atoms with Crippen molar-refractivity contribution in [2.24, 2.45) is 0 Å². The number of nitriles is 1. The predicted molar refractivity (Wildman–Crippen MR) is 153 cm³/mol. The first-order chi connectivity index (χ1) is 20.2. The van der Waals surface area contributed by atoms with Gasteiger partial charge in [-0.2, -0.15) is 15.4 Å². The summed E-state index contributed by atoms with van der Waals surface area (Å²) in [5.41, 5.74) is 5.80. The molecule has 0 amide bonds. The topological polar surface area (TPSA) is 182 Å². The molecule has 0 saturated carbocycles. The van der Waals surface area contributed by atoms with Crippen molar-refractivity contribution in [3.63, 3.8) is 0 Å². The lowest BCUT2D eigenvalue weighted by atomic mass is 9.99. The molecule has 0 aliphatic carbocycles. The minimum absolute atomic E-state index is 0.00606. The SMILES string of the molecule is CCOCCOCCOC(=O)[C@H](C)NP(=O)(OC[C@](C#N)(CCc1ccc2c(N)ncnn12)OC)Oc1ccccc1. The molecule has 0 aliphatic heterocycles. The van der Waals surface area contributed by atoms with E-state index in [9.17, 15) is 14.6 Å². The highest BCUT2D eigenvalue weighted by molar-refractivity contribution is 7.52. The van der Waals surface area contributed by atoms with Crippen LogP contribution in [0, 0.1) is 11.3 Å². The summed E-state index contributed by atoms with van der Waals surface area (Å²) >= 11 is 0. The minimum Gasteiger partial charge on any atom is -0.462 e. The molecule has 0 spiro atoms. The molecule has 3 N–H and O–H groups in total. The van der Waals surface area contributed by atoms with E-state index in [-0.39, 0.29) is 25.4 Å². The summed E-state index contributed by atoms with van der Waals surface area (Å²) in [7, 11) is -2.88. The number of anilines is 1. The Hall–Kier alpha value is -3.57. The Morgan fingerprint density at radius 2 is 1.90 bits per heavy atom. The lowest BCUT2D eigenvalue weighted by molar-refractivity contribution is -0.147. The summed E-state index contributed by atoms with van der Waals surface area (Å²) in [4.78, 5) is 16.6. The van der Waals surface area contributed by atoms with Gasteiger partial charge in [-0.1, -0.05) is 18.2 Å². The highest BCUT2D eigenvalue weighted by Gasteiger charge is 2.38. The third kappa shape index (κ3) is 9.49. The van der Waals surface area contributed by atoms with Gasteiger partial charge in [-0.15, -0.1) is 0 Å². The third-order valence-corrected chi connectivity index (χ3v) is 7.75. The molecule has 1 aromatic carbocycles. The number of rotatable bonds is 19. The van der Waals surface area contributed by atoms with E-state index in [1.807, 2.05) is 13.0 Å².